The lowest BCUT2D eigenvalue weighted by Crippen LogP contribution is -2.32. The fourth-order valence-electron chi connectivity index (χ4n) is 2.32. The number of benzene rings is 1. The fourth-order valence-corrected chi connectivity index (χ4v) is 2.32. The van der Waals surface area contributed by atoms with Gasteiger partial charge in [-0.25, -0.2) is 4.79 Å². The summed E-state index contributed by atoms with van der Waals surface area (Å²) in [6.45, 7) is 0.286. The molecule has 0 saturated carbocycles. The second kappa shape index (κ2) is 5.84. The second-order valence-corrected chi connectivity index (χ2v) is 5.03. The summed E-state index contributed by atoms with van der Waals surface area (Å²) in [5, 5.41) is 12.9. The van der Waals surface area contributed by atoms with Crippen molar-refractivity contribution in [2.75, 3.05) is 18.4 Å². The van der Waals surface area contributed by atoms with E-state index < -0.39 is 6.03 Å². The average Bonchev–Trinajstić information content (AvgIpc) is 3.07. The zero-order valence-electron chi connectivity index (χ0n) is 11.8. The number of H-pyrrole nitrogens is 1. The molecule has 8 nitrogen and oxygen atoms in total. The molecule has 0 unspecified atom stereocenters. The summed E-state index contributed by atoms with van der Waals surface area (Å²) in [7, 11) is 0. The summed E-state index contributed by atoms with van der Waals surface area (Å²) in [4.78, 5) is 35.7. The lowest BCUT2D eigenvalue weighted by Gasteiger charge is -2.11. The third kappa shape index (κ3) is 2.90. The Hall–Kier alpha value is -2.90. The maximum absolute atomic E-state index is 11.9. The predicted octanol–water partition coefficient (Wildman–Crippen LogP) is 0.833. The number of hydrogen-bond acceptors (Lipinski definition) is 4. The minimum Gasteiger partial charge on any atom is -0.329 e. The maximum Gasteiger partial charge on any atom is 0.324 e. The van der Waals surface area contributed by atoms with E-state index in [-0.39, 0.29) is 31.3 Å². The molecule has 1 aromatic heterocycles. The predicted molar refractivity (Wildman–Crippen MR) is 79.1 cm³/mol. The van der Waals surface area contributed by atoms with Crippen LogP contribution in [-0.2, 0) is 9.59 Å². The van der Waals surface area contributed by atoms with Crippen molar-refractivity contribution in [1.82, 2.24) is 20.4 Å². The number of anilines is 1. The van der Waals surface area contributed by atoms with E-state index in [1.807, 2.05) is 12.1 Å². The van der Waals surface area contributed by atoms with Gasteiger partial charge in [-0.1, -0.05) is 0 Å². The fraction of sp³-hybridized carbons (Fsp3) is 0.286. The van der Waals surface area contributed by atoms with Gasteiger partial charge in [0, 0.05) is 24.0 Å². The van der Waals surface area contributed by atoms with Crippen LogP contribution in [0.2, 0.25) is 0 Å². The SMILES string of the molecule is O=C(CCCN1C(=O)CNC1=O)Nc1ccc2[nH]ncc2c1. The van der Waals surface area contributed by atoms with Crippen LogP contribution in [0.25, 0.3) is 10.9 Å². The molecule has 1 aliphatic heterocycles. The van der Waals surface area contributed by atoms with Crippen molar-refractivity contribution < 1.29 is 14.4 Å². The van der Waals surface area contributed by atoms with Gasteiger partial charge in [-0.05, 0) is 24.6 Å². The first-order valence-corrected chi connectivity index (χ1v) is 6.94. The number of urea groups is 1. The van der Waals surface area contributed by atoms with Crippen molar-refractivity contribution in [3.63, 3.8) is 0 Å². The van der Waals surface area contributed by atoms with Crippen molar-refractivity contribution in [2.45, 2.75) is 12.8 Å². The Kier molecular flexibility index (Phi) is 3.73. The highest BCUT2D eigenvalue weighted by Gasteiger charge is 2.27. The topological polar surface area (TPSA) is 107 Å². The number of carbonyl (C=O) groups is 3. The summed E-state index contributed by atoms with van der Waals surface area (Å²) in [5.74, 6) is -0.411. The first-order chi connectivity index (χ1) is 10.6. The highest BCUT2D eigenvalue weighted by Crippen LogP contribution is 2.17. The summed E-state index contributed by atoms with van der Waals surface area (Å²) in [6, 6.07) is 5.06. The van der Waals surface area contributed by atoms with Gasteiger partial charge in [-0.15, -0.1) is 0 Å². The summed E-state index contributed by atoms with van der Waals surface area (Å²) in [6.07, 6.45) is 2.35. The molecule has 1 fully saturated rings. The lowest BCUT2D eigenvalue weighted by atomic mass is 10.2. The van der Waals surface area contributed by atoms with Crippen molar-refractivity contribution in [2.24, 2.45) is 0 Å². The Bertz CT molecular complexity index is 723. The lowest BCUT2D eigenvalue weighted by molar-refractivity contribution is -0.125. The van der Waals surface area contributed by atoms with Crippen molar-refractivity contribution >= 4 is 34.4 Å². The van der Waals surface area contributed by atoms with Gasteiger partial charge in [0.2, 0.25) is 11.8 Å². The quantitative estimate of drug-likeness (QED) is 0.711. The Morgan fingerprint density at radius 3 is 3.00 bits per heavy atom. The Balaban J connectivity index is 1.50. The van der Waals surface area contributed by atoms with E-state index in [0.717, 1.165) is 15.8 Å². The monoisotopic (exact) mass is 301 g/mol. The zero-order valence-corrected chi connectivity index (χ0v) is 11.8. The third-order valence-electron chi connectivity index (χ3n) is 3.45. The minimum atomic E-state index is -0.393. The van der Waals surface area contributed by atoms with E-state index in [0.29, 0.717) is 12.1 Å². The van der Waals surface area contributed by atoms with Crippen molar-refractivity contribution in [3.05, 3.63) is 24.4 Å². The number of amides is 4. The second-order valence-electron chi connectivity index (χ2n) is 5.03. The number of imide groups is 1. The molecule has 1 aliphatic rings. The van der Waals surface area contributed by atoms with Crippen molar-refractivity contribution in [3.8, 4) is 0 Å². The van der Waals surface area contributed by atoms with Gasteiger partial charge in [0.25, 0.3) is 0 Å². The molecule has 0 atom stereocenters. The van der Waals surface area contributed by atoms with E-state index in [9.17, 15) is 14.4 Å². The summed E-state index contributed by atoms with van der Waals surface area (Å²) < 4.78 is 0. The van der Waals surface area contributed by atoms with Crippen LogP contribution in [0.3, 0.4) is 0 Å². The zero-order chi connectivity index (χ0) is 15.5. The number of nitrogens with one attached hydrogen (secondary N) is 3. The number of aromatic nitrogens is 2. The van der Waals surface area contributed by atoms with E-state index >= 15 is 0 Å². The molecule has 1 saturated heterocycles. The molecule has 0 spiro atoms. The number of aromatic amines is 1. The molecular weight excluding hydrogens is 286 g/mol. The number of nitrogens with zero attached hydrogens (tertiary/aromatic N) is 2. The summed E-state index contributed by atoms with van der Waals surface area (Å²) >= 11 is 0. The highest BCUT2D eigenvalue weighted by molar-refractivity contribution is 6.02. The van der Waals surface area contributed by atoms with Gasteiger partial charge >= 0.3 is 6.03 Å². The molecule has 8 heteroatoms. The normalized spacial score (nSPS) is 14.5. The molecular formula is C14H15N5O3. The average molecular weight is 301 g/mol. The van der Waals surface area contributed by atoms with Gasteiger partial charge in [0.15, 0.2) is 0 Å². The smallest absolute Gasteiger partial charge is 0.324 e. The minimum absolute atomic E-state index is 0.0374. The van der Waals surface area contributed by atoms with Crippen LogP contribution >= 0.6 is 0 Å². The van der Waals surface area contributed by atoms with Crippen LogP contribution in [0.5, 0.6) is 0 Å². The Morgan fingerprint density at radius 1 is 1.36 bits per heavy atom. The van der Waals surface area contributed by atoms with Crippen LogP contribution in [0.4, 0.5) is 10.5 Å². The van der Waals surface area contributed by atoms with Crippen LogP contribution in [0.15, 0.2) is 24.4 Å². The van der Waals surface area contributed by atoms with E-state index in [4.69, 9.17) is 0 Å². The van der Waals surface area contributed by atoms with Crippen LogP contribution < -0.4 is 10.6 Å². The van der Waals surface area contributed by atoms with Gasteiger partial charge in [-0.2, -0.15) is 5.10 Å². The van der Waals surface area contributed by atoms with Crippen LogP contribution in [0, 0.1) is 0 Å². The van der Waals surface area contributed by atoms with Crippen LogP contribution in [0.1, 0.15) is 12.8 Å². The van der Waals surface area contributed by atoms with Gasteiger partial charge in [-0.3, -0.25) is 19.6 Å². The maximum atomic E-state index is 11.9. The molecule has 1 aromatic carbocycles. The molecule has 22 heavy (non-hydrogen) atoms. The molecule has 114 valence electrons. The highest BCUT2D eigenvalue weighted by atomic mass is 16.2. The van der Waals surface area contributed by atoms with Crippen molar-refractivity contribution in [1.29, 1.82) is 0 Å². The van der Waals surface area contributed by atoms with Gasteiger partial charge < -0.3 is 10.6 Å². The molecule has 0 radical (unpaired) electrons. The summed E-state index contributed by atoms with van der Waals surface area (Å²) in [5.41, 5.74) is 1.59. The largest absolute Gasteiger partial charge is 0.329 e. The van der Waals surface area contributed by atoms with E-state index in [1.165, 1.54) is 0 Å². The van der Waals surface area contributed by atoms with Crippen LogP contribution in [-0.4, -0.2) is 46.0 Å². The van der Waals surface area contributed by atoms with E-state index in [2.05, 4.69) is 20.8 Å². The van der Waals surface area contributed by atoms with Gasteiger partial charge in [0.1, 0.15) is 0 Å². The number of hydrogen-bond donors (Lipinski definition) is 3. The molecule has 0 bridgehead atoms. The van der Waals surface area contributed by atoms with E-state index in [1.54, 1.807) is 12.3 Å². The number of rotatable bonds is 5. The third-order valence-corrected chi connectivity index (χ3v) is 3.45. The molecule has 0 aliphatic carbocycles. The molecule has 3 N–H and O–H groups in total. The first kappa shape index (κ1) is 14.1. The molecule has 4 amide bonds. The number of carbonyl (C=O) groups excluding carboxylic acids is 3. The molecule has 3 rings (SSSR count). The standard InChI is InChI=1S/C14H15N5O3/c20-12(2-1-5-19-13(21)8-15-14(19)22)17-10-3-4-11-9(6-10)7-16-18-11/h3-4,6-7H,1-2,5,8H2,(H,15,22)(H,16,18)(H,17,20). The molecule has 2 aromatic rings. The Morgan fingerprint density at radius 2 is 2.23 bits per heavy atom. The number of fused-ring (bicyclic) bond motifs is 1. The Labute approximate surface area is 125 Å². The molecule has 2 heterocycles. The van der Waals surface area contributed by atoms with Gasteiger partial charge in [0.05, 0.1) is 18.3 Å². The first-order valence-electron chi connectivity index (χ1n) is 6.94.